The van der Waals surface area contributed by atoms with Gasteiger partial charge in [-0.05, 0) is 6.92 Å². The molecule has 0 aliphatic carbocycles. The summed E-state index contributed by atoms with van der Waals surface area (Å²) in [6.45, 7) is 1.45. The van der Waals surface area contributed by atoms with Gasteiger partial charge in [-0.3, -0.25) is 9.59 Å². The number of hydrogen-bond acceptors (Lipinski definition) is 6. The molecule has 0 saturated carbocycles. The molecule has 7 nitrogen and oxygen atoms in total. The highest BCUT2D eigenvalue weighted by atomic mass is 32.2. The van der Waals surface area contributed by atoms with E-state index in [1.165, 1.54) is 6.92 Å². The second-order valence-electron chi connectivity index (χ2n) is 3.96. The fourth-order valence-electron chi connectivity index (χ4n) is 1.31. The molecule has 0 saturated heterocycles. The van der Waals surface area contributed by atoms with Crippen LogP contribution in [0.3, 0.4) is 0 Å². The molecule has 2 N–H and O–H groups in total. The Morgan fingerprint density at radius 1 is 1.55 bits per heavy atom. The molecule has 1 rings (SSSR count). The molecular formula is C11H13F3N2O5S. The second kappa shape index (κ2) is 8.03. The van der Waals surface area contributed by atoms with Crippen LogP contribution in [-0.4, -0.2) is 39.3 Å². The minimum absolute atomic E-state index is 0.0184. The van der Waals surface area contributed by atoms with Crippen molar-refractivity contribution in [1.82, 2.24) is 10.2 Å². The summed E-state index contributed by atoms with van der Waals surface area (Å²) in [7, 11) is 0. The van der Waals surface area contributed by atoms with E-state index in [0.717, 1.165) is 18.0 Å². The van der Waals surface area contributed by atoms with Gasteiger partial charge in [-0.15, -0.1) is 0 Å². The van der Waals surface area contributed by atoms with Gasteiger partial charge in [0.25, 0.3) is 5.56 Å². The summed E-state index contributed by atoms with van der Waals surface area (Å²) >= 11 is 1.00. The number of halogens is 3. The third kappa shape index (κ3) is 5.93. The van der Waals surface area contributed by atoms with Crippen LogP contribution in [0.15, 0.2) is 11.0 Å². The van der Waals surface area contributed by atoms with E-state index in [1.807, 2.05) is 0 Å². The molecule has 0 unspecified atom stereocenters. The van der Waals surface area contributed by atoms with Crippen LogP contribution in [0.1, 0.15) is 18.9 Å². The molecule has 22 heavy (non-hydrogen) atoms. The van der Waals surface area contributed by atoms with Crippen LogP contribution < -0.4 is 10.3 Å². The molecule has 1 aromatic heterocycles. The molecule has 11 heteroatoms. The normalized spacial score (nSPS) is 12.9. The van der Waals surface area contributed by atoms with Gasteiger partial charge in [-0.2, -0.15) is 18.3 Å². The zero-order valence-electron chi connectivity index (χ0n) is 11.3. The molecular weight excluding hydrogens is 329 g/mol. The predicted octanol–water partition coefficient (Wildman–Crippen LogP) is 1.70. The number of carboxylic acids is 1. The largest absolute Gasteiger partial charge is 0.481 e. The molecule has 124 valence electrons. The zero-order chi connectivity index (χ0) is 16.8. The quantitative estimate of drug-likeness (QED) is 0.547. The molecule has 0 bridgehead atoms. The van der Waals surface area contributed by atoms with Crippen molar-refractivity contribution < 1.29 is 32.5 Å². The molecule has 1 heterocycles. The van der Waals surface area contributed by atoms with Crippen LogP contribution in [0.2, 0.25) is 0 Å². The summed E-state index contributed by atoms with van der Waals surface area (Å²) in [5, 5.41) is 13.4. The van der Waals surface area contributed by atoms with E-state index in [9.17, 15) is 22.8 Å². The van der Waals surface area contributed by atoms with Gasteiger partial charge in [-0.1, -0.05) is 11.8 Å². The number of carbonyl (C=O) groups is 1. The maximum atomic E-state index is 12.8. The second-order valence-corrected chi connectivity index (χ2v) is 5.19. The lowest BCUT2D eigenvalue weighted by molar-refractivity contribution is -0.140. The summed E-state index contributed by atoms with van der Waals surface area (Å²) in [6, 6.07) is 0. The summed E-state index contributed by atoms with van der Waals surface area (Å²) in [5.74, 6) is -1.66. The van der Waals surface area contributed by atoms with Crippen molar-refractivity contribution in [3.63, 3.8) is 0 Å². The zero-order valence-corrected chi connectivity index (χ0v) is 12.2. The van der Waals surface area contributed by atoms with Gasteiger partial charge >= 0.3 is 12.1 Å². The highest BCUT2D eigenvalue weighted by molar-refractivity contribution is 7.99. The Morgan fingerprint density at radius 3 is 2.82 bits per heavy atom. The fraction of sp³-hybridized carbons (Fsp3) is 0.545. The number of aromatic nitrogens is 2. The third-order valence-electron chi connectivity index (χ3n) is 2.24. The van der Waals surface area contributed by atoms with Gasteiger partial charge in [-0.25, -0.2) is 5.10 Å². The summed E-state index contributed by atoms with van der Waals surface area (Å²) < 4.78 is 48.3. The first-order valence-electron chi connectivity index (χ1n) is 5.94. The number of rotatable bonds is 8. The number of nitrogens with one attached hydrogen (secondary N) is 1. The Hall–Kier alpha value is -1.75. The highest BCUT2D eigenvalue weighted by Crippen LogP contribution is 2.33. The van der Waals surface area contributed by atoms with Crippen molar-refractivity contribution in [2.45, 2.75) is 25.0 Å². The smallest absolute Gasteiger partial charge is 0.425 e. The fourth-order valence-corrected chi connectivity index (χ4v) is 1.89. The van der Waals surface area contributed by atoms with Crippen molar-refractivity contribution in [3.05, 3.63) is 22.1 Å². The predicted molar refractivity (Wildman–Crippen MR) is 70.6 cm³/mol. The van der Waals surface area contributed by atoms with E-state index in [-0.39, 0.29) is 19.0 Å². The highest BCUT2D eigenvalue weighted by Gasteiger charge is 2.38. The Bertz CT molecular complexity index is 563. The maximum absolute atomic E-state index is 12.8. The molecule has 0 fully saturated rings. The van der Waals surface area contributed by atoms with Gasteiger partial charge in [0, 0.05) is 0 Å². The lowest BCUT2D eigenvalue weighted by Gasteiger charge is -2.17. The number of hydrogen-bond donors (Lipinski definition) is 2. The van der Waals surface area contributed by atoms with E-state index < -0.39 is 34.5 Å². The topological polar surface area (TPSA) is 102 Å². The average Bonchev–Trinajstić information content (AvgIpc) is 2.36. The first kappa shape index (κ1) is 18.3. The monoisotopic (exact) mass is 342 g/mol. The summed E-state index contributed by atoms with van der Waals surface area (Å²) in [5.41, 5.74) is -3.60. The van der Waals surface area contributed by atoms with Gasteiger partial charge in [0.05, 0.1) is 25.2 Å². The van der Waals surface area contributed by atoms with E-state index in [2.05, 4.69) is 5.10 Å². The van der Waals surface area contributed by atoms with Crippen molar-refractivity contribution >= 4 is 17.7 Å². The van der Waals surface area contributed by atoms with Crippen LogP contribution in [0, 0.1) is 0 Å². The minimum Gasteiger partial charge on any atom is -0.481 e. The summed E-state index contributed by atoms with van der Waals surface area (Å²) in [4.78, 5) is 21.5. The van der Waals surface area contributed by atoms with Gasteiger partial charge in [0.1, 0.15) is 5.44 Å². The molecule has 0 amide bonds. The molecule has 0 radical (unpaired) electrons. The summed E-state index contributed by atoms with van der Waals surface area (Å²) in [6.07, 6.45) is -4.27. The number of aliphatic carboxylic acids is 1. The molecule has 1 aromatic rings. The first-order chi connectivity index (χ1) is 10.2. The lowest BCUT2D eigenvalue weighted by atomic mass is 10.3. The Labute approximate surface area is 126 Å². The van der Waals surface area contributed by atoms with Crippen LogP contribution in [-0.2, 0) is 15.7 Å². The van der Waals surface area contributed by atoms with Crippen LogP contribution in [0.5, 0.6) is 5.75 Å². The molecule has 1 atom stereocenters. The maximum Gasteiger partial charge on any atom is 0.425 e. The molecule has 0 aliphatic heterocycles. The Morgan fingerprint density at radius 2 is 2.23 bits per heavy atom. The lowest BCUT2D eigenvalue weighted by Crippen LogP contribution is -2.25. The standard InChI is InChI=1S/C11H13F3N2O5S/c1-6(22-5-20-3-2-8(17)18)21-7-4-15-16-10(19)9(7)11(12,13)14/h4,6H,2-3,5H2,1H3,(H,16,19)(H,17,18)/t6-/m1/s1. The molecule has 0 aromatic carbocycles. The van der Waals surface area contributed by atoms with Crippen LogP contribution >= 0.6 is 11.8 Å². The van der Waals surface area contributed by atoms with Crippen molar-refractivity contribution in [2.75, 3.05) is 12.5 Å². The van der Waals surface area contributed by atoms with Crippen LogP contribution in [0.25, 0.3) is 0 Å². The average molecular weight is 342 g/mol. The van der Waals surface area contributed by atoms with Crippen molar-refractivity contribution in [2.24, 2.45) is 0 Å². The number of H-pyrrole nitrogens is 1. The number of alkyl halides is 3. The number of ether oxygens (including phenoxy) is 2. The van der Waals surface area contributed by atoms with E-state index in [1.54, 1.807) is 5.10 Å². The SMILES string of the molecule is C[C@H](Oc1cn[nH]c(=O)c1C(F)(F)F)SCOCCC(=O)O. The molecule has 0 spiro atoms. The van der Waals surface area contributed by atoms with Crippen molar-refractivity contribution in [1.29, 1.82) is 0 Å². The van der Waals surface area contributed by atoms with Gasteiger partial charge in [0.15, 0.2) is 11.3 Å². The van der Waals surface area contributed by atoms with Crippen molar-refractivity contribution in [3.8, 4) is 5.75 Å². The number of thioether (sulfide) groups is 1. The Balaban J connectivity index is 2.58. The Kier molecular flexibility index (Phi) is 6.68. The first-order valence-corrected chi connectivity index (χ1v) is 6.99. The number of aromatic amines is 1. The molecule has 0 aliphatic rings. The van der Waals surface area contributed by atoms with Gasteiger partial charge < -0.3 is 14.6 Å². The van der Waals surface area contributed by atoms with E-state index in [0.29, 0.717) is 0 Å². The number of nitrogens with zero attached hydrogens (tertiary/aromatic N) is 1. The van der Waals surface area contributed by atoms with E-state index >= 15 is 0 Å². The third-order valence-corrected chi connectivity index (χ3v) is 3.11. The van der Waals surface area contributed by atoms with Crippen LogP contribution in [0.4, 0.5) is 13.2 Å². The van der Waals surface area contributed by atoms with E-state index in [4.69, 9.17) is 14.6 Å². The minimum atomic E-state index is -4.87. The van der Waals surface area contributed by atoms with Gasteiger partial charge in [0.2, 0.25) is 0 Å². The number of carboxylic acid groups (broad SMARTS) is 1.